The van der Waals surface area contributed by atoms with Crippen molar-refractivity contribution < 1.29 is 8.83 Å². The number of nitrogens with zero attached hydrogens (tertiary/aromatic N) is 6. The second-order valence-electron chi connectivity index (χ2n) is 4.60. The van der Waals surface area contributed by atoms with Gasteiger partial charge in [-0.25, -0.2) is 0 Å². The lowest BCUT2D eigenvalue weighted by Gasteiger charge is -1.97. The van der Waals surface area contributed by atoms with Crippen LogP contribution in [0.4, 0.5) is 0 Å². The molecule has 0 bridgehead atoms. The molecule has 8 nitrogen and oxygen atoms in total. The van der Waals surface area contributed by atoms with Gasteiger partial charge in [-0.15, -0.1) is 20.4 Å². The summed E-state index contributed by atoms with van der Waals surface area (Å²) in [5.41, 5.74) is 0.862. The first-order valence-corrected chi connectivity index (χ1v) is 7.48. The molecule has 0 aliphatic heterocycles. The van der Waals surface area contributed by atoms with Gasteiger partial charge in [0.25, 0.3) is 5.89 Å². The third-order valence-corrected chi connectivity index (χ3v) is 3.73. The molecule has 0 atom stereocenters. The first kappa shape index (κ1) is 13.8. The van der Waals surface area contributed by atoms with Crippen molar-refractivity contribution in [2.75, 3.05) is 0 Å². The normalized spacial score (nSPS) is 11.0. The van der Waals surface area contributed by atoms with Crippen LogP contribution in [0.3, 0.4) is 0 Å². The molecule has 0 amide bonds. The molecule has 23 heavy (non-hydrogen) atoms. The highest BCUT2D eigenvalue weighted by molar-refractivity contribution is 9.10. The third-order valence-electron chi connectivity index (χ3n) is 3.04. The number of aromatic nitrogens is 6. The highest BCUT2D eigenvalue weighted by atomic mass is 79.9. The Bertz CT molecular complexity index is 930. The van der Waals surface area contributed by atoms with Crippen molar-refractivity contribution >= 4 is 15.9 Å². The fourth-order valence-corrected chi connectivity index (χ4v) is 2.46. The maximum Gasteiger partial charge on any atom is 0.283 e. The number of rotatable bonds is 4. The molecule has 0 saturated carbocycles. The molecule has 0 radical (unpaired) electrons. The molecule has 0 aliphatic rings. The van der Waals surface area contributed by atoms with Crippen LogP contribution in [-0.4, -0.2) is 30.4 Å². The summed E-state index contributed by atoms with van der Waals surface area (Å²) in [6.07, 6.45) is 1.54. The fourth-order valence-electron chi connectivity index (χ4n) is 2.00. The van der Waals surface area contributed by atoms with E-state index in [4.69, 9.17) is 8.83 Å². The van der Waals surface area contributed by atoms with Gasteiger partial charge in [0.05, 0.1) is 6.26 Å². The average molecular weight is 373 g/mol. The van der Waals surface area contributed by atoms with Crippen molar-refractivity contribution in [1.82, 2.24) is 30.4 Å². The largest absolute Gasteiger partial charge is 0.459 e. The monoisotopic (exact) mass is 372 g/mol. The Morgan fingerprint density at radius 2 is 1.96 bits per heavy atom. The second-order valence-corrected chi connectivity index (χ2v) is 5.46. The second kappa shape index (κ2) is 5.76. The summed E-state index contributed by atoms with van der Waals surface area (Å²) < 4.78 is 11.6. The molecular weight excluding hydrogens is 364 g/mol. The number of halogens is 1. The molecule has 0 fully saturated rings. The Balaban J connectivity index is 1.55. The number of tetrazole rings is 1. The zero-order valence-corrected chi connectivity index (χ0v) is 13.2. The van der Waals surface area contributed by atoms with Gasteiger partial charge in [-0.2, -0.15) is 4.80 Å². The average Bonchev–Trinajstić information content (AvgIpc) is 3.29. The summed E-state index contributed by atoms with van der Waals surface area (Å²) >= 11 is 3.47. The van der Waals surface area contributed by atoms with E-state index in [1.54, 1.807) is 18.4 Å². The Hall–Kier alpha value is -2.81. The molecular formula is C14H9BrN6O2. The van der Waals surface area contributed by atoms with Gasteiger partial charge < -0.3 is 8.83 Å². The van der Waals surface area contributed by atoms with Crippen LogP contribution in [0, 0.1) is 0 Å². The van der Waals surface area contributed by atoms with Gasteiger partial charge in [-0.1, -0.05) is 28.1 Å². The molecule has 9 heteroatoms. The summed E-state index contributed by atoms with van der Waals surface area (Å²) in [6, 6.07) is 11.2. The molecule has 3 aromatic heterocycles. The molecule has 0 saturated heterocycles. The highest BCUT2D eigenvalue weighted by Gasteiger charge is 2.14. The first-order chi connectivity index (χ1) is 11.3. The molecule has 0 unspecified atom stereocenters. The van der Waals surface area contributed by atoms with Crippen LogP contribution in [-0.2, 0) is 6.54 Å². The fraction of sp³-hybridized carbons (Fsp3) is 0.0714. The van der Waals surface area contributed by atoms with Crippen LogP contribution in [0.2, 0.25) is 0 Å². The van der Waals surface area contributed by atoms with E-state index in [9.17, 15) is 0 Å². The maximum atomic E-state index is 5.52. The lowest BCUT2D eigenvalue weighted by atomic mass is 10.2. The van der Waals surface area contributed by atoms with Crippen LogP contribution in [0.25, 0.3) is 23.0 Å². The predicted molar refractivity (Wildman–Crippen MR) is 82.1 cm³/mol. The molecule has 3 heterocycles. The minimum atomic E-state index is 0.227. The van der Waals surface area contributed by atoms with Crippen molar-refractivity contribution in [3.8, 4) is 23.0 Å². The standard InChI is InChI=1S/C14H9BrN6O2/c15-10-5-2-1-4-9(10)13-17-20-21(19-13)8-12-16-18-14(23-12)11-6-3-7-22-11/h1-7H,8H2. The van der Waals surface area contributed by atoms with E-state index in [1.165, 1.54) is 4.80 Å². The van der Waals surface area contributed by atoms with Gasteiger partial charge in [0.1, 0.15) is 6.54 Å². The van der Waals surface area contributed by atoms with E-state index >= 15 is 0 Å². The molecule has 0 spiro atoms. The maximum absolute atomic E-state index is 5.52. The number of furan rings is 1. The summed E-state index contributed by atoms with van der Waals surface area (Å²) in [6.45, 7) is 0.227. The van der Waals surface area contributed by atoms with Crippen LogP contribution in [0.15, 0.2) is 56.0 Å². The Morgan fingerprint density at radius 3 is 2.78 bits per heavy atom. The van der Waals surface area contributed by atoms with Gasteiger partial charge >= 0.3 is 0 Å². The van der Waals surface area contributed by atoms with Crippen LogP contribution < -0.4 is 0 Å². The van der Waals surface area contributed by atoms with E-state index in [-0.39, 0.29) is 6.54 Å². The summed E-state index contributed by atoms with van der Waals surface area (Å²) in [7, 11) is 0. The van der Waals surface area contributed by atoms with Gasteiger partial charge in [0.2, 0.25) is 11.7 Å². The molecule has 1 aromatic carbocycles. The Kier molecular flexibility index (Phi) is 3.46. The summed E-state index contributed by atoms with van der Waals surface area (Å²) in [5.74, 6) is 1.72. The number of hydrogen-bond acceptors (Lipinski definition) is 7. The minimum Gasteiger partial charge on any atom is -0.459 e. The van der Waals surface area contributed by atoms with Crippen molar-refractivity contribution in [1.29, 1.82) is 0 Å². The van der Waals surface area contributed by atoms with E-state index in [0.717, 1.165) is 10.0 Å². The van der Waals surface area contributed by atoms with Crippen LogP contribution >= 0.6 is 15.9 Å². The van der Waals surface area contributed by atoms with Crippen LogP contribution in [0.1, 0.15) is 5.89 Å². The Morgan fingerprint density at radius 1 is 1.04 bits per heavy atom. The Labute approximate surface area is 138 Å². The molecule has 0 N–H and O–H groups in total. The summed E-state index contributed by atoms with van der Waals surface area (Å²) in [5, 5.41) is 20.2. The summed E-state index contributed by atoms with van der Waals surface area (Å²) in [4.78, 5) is 1.40. The number of hydrogen-bond donors (Lipinski definition) is 0. The lowest BCUT2D eigenvalue weighted by Crippen LogP contribution is -2.04. The molecule has 114 valence electrons. The van der Waals surface area contributed by atoms with Gasteiger partial charge in [0.15, 0.2) is 5.76 Å². The van der Waals surface area contributed by atoms with Gasteiger partial charge in [0, 0.05) is 10.0 Å². The molecule has 4 rings (SSSR count). The zero-order valence-electron chi connectivity index (χ0n) is 11.6. The van der Waals surface area contributed by atoms with Gasteiger partial charge in [-0.05, 0) is 29.5 Å². The van der Waals surface area contributed by atoms with Crippen molar-refractivity contribution in [2.45, 2.75) is 6.54 Å². The minimum absolute atomic E-state index is 0.227. The molecule has 4 aromatic rings. The SMILES string of the molecule is Brc1ccccc1-c1nnn(Cc2nnc(-c3ccco3)o2)n1. The van der Waals surface area contributed by atoms with E-state index in [0.29, 0.717) is 23.4 Å². The van der Waals surface area contributed by atoms with Crippen molar-refractivity contribution in [2.24, 2.45) is 0 Å². The predicted octanol–water partition coefficient (Wildman–Crippen LogP) is 2.79. The number of benzene rings is 1. The van der Waals surface area contributed by atoms with E-state index in [2.05, 4.69) is 41.5 Å². The van der Waals surface area contributed by atoms with Crippen LogP contribution in [0.5, 0.6) is 0 Å². The quantitative estimate of drug-likeness (QED) is 0.543. The van der Waals surface area contributed by atoms with Crippen molar-refractivity contribution in [3.63, 3.8) is 0 Å². The topological polar surface area (TPSA) is 95.7 Å². The van der Waals surface area contributed by atoms with Gasteiger partial charge in [-0.3, -0.25) is 0 Å². The highest BCUT2D eigenvalue weighted by Crippen LogP contribution is 2.24. The molecule has 0 aliphatic carbocycles. The zero-order chi connectivity index (χ0) is 15.6. The van der Waals surface area contributed by atoms with E-state index in [1.807, 2.05) is 24.3 Å². The third kappa shape index (κ3) is 2.78. The lowest BCUT2D eigenvalue weighted by molar-refractivity contribution is 0.436. The van der Waals surface area contributed by atoms with Crippen molar-refractivity contribution in [3.05, 3.63) is 53.0 Å². The smallest absolute Gasteiger partial charge is 0.283 e. The van der Waals surface area contributed by atoms with E-state index < -0.39 is 0 Å². The first-order valence-electron chi connectivity index (χ1n) is 6.68.